The minimum absolute atomic E-state index is 0.142. The molecule has 0 radical (unpaired) electrons. The first-order valence-electron chi connectivity index (χ1n) is 7.79. The number of carbonyl (C=O) groups is 1. The van der Waals surface area contributed by atoms with E-state index in [0.29, 0.717) is 0 Å². The maximum absolute atomic E-state index is 11.8. The van der Waals surface area contributed by atoms with Gasteiger partial charge in [-0.05, 0) is 42.0 Å². The molecule has 0 saturated heterocycles. The summed E-state index contributed by atoms with van der Waals surface area (Å²) in [6.45, 7) is 0. The van der Waals surface area contributed by atoms with Gasteiger partial charge < -0.3 is 10.2 Å². The van der Waals surface area contributed by atoms with Crippen LogP contribution in [-0.4, -0.2) is 28.3 Å². The molecule has 22 heavy (non-hydrogen) atoms. The first-order valence-corrected chi connectivity index (χ1v) is 7.79. The molecule has 3 N–H and O–H groups in total. The molecular formula is C18H21NO3. The first-order chi connectivity index (χ1) is 10.6. The number of aliphatic hydroxyl groups excluding tert-OH is 1. The van der Waals surface area contributed by atoms with Gasteiger partial charge in [0.2, 0.25) is 0 Å². The van der Waals surface area contributed by atoms with Gasteiger partial charge in [0.05, 0.1) is 6.10 Å². The second kappa shape index (κ2) is 6.46. The molecule has 1 aliphatic carbocycles. The smallest absolute Gasteiger partial charge is 0.325 e. The van der Waals surface area contributed by atoms with Gasteiger partial charge in [0.25, 0.3) is 0 Å². The van der Waals surface area contributed by atoms with Crippen molar-refractivity contribution >= 4 is 16.7 Å². The fraction of sp³-hybridized carbons (Fsp3) is 0.389. The maximum Gasteiger partial charge on any atom is 0.325 e. The van der Waals surface area contributed by atoms with Gasteiger partial charge in [0.15, 0.2) is 0 Å². The third kappa shape index (κ3) is 3.13. The number of hydrogen-bond donors (Lipinski definition) is 3. The Morgan fingerprint density at radius 2 is 1.73 bits per heavy atom. The molecule has 4 nitrogen and oxygen atoms in total. The van der Waals surface area contributed by atoms with E-state index in [1.54, 1.807) is 0 Å². The fourth-order valence-corrected chi connectivity index (χ4v) is 3.27. The summed E-state index contributed by atoms with van der Waals surface area (Å²) in [6, 6.07) is 13.1. The SMILES string of the molecule is O=C(O)C(NC1CCC(O)CC1)c1cccc2ccccc12. The van der Waals surface area contributed by atoms with Gasteiger partial charge in [-0.15, -0.1) is 0 Å². The normalized spacial score (nSPS) is 23.3. The summed E-state index contributed by atoms with van der Waals surface area (Å²) in [5.74, 6) is -0.859. The lowest BCUT2D eigenvalue weighted by atomic mass is 9.91. The van der Waals surface area contributed by atoms with Crippen LogP contribution in [0.25, 0.3) is 10.8 Å². The van der Waals surface area contributed by atoms with E-state index in [1.807, 2.05) is 42.5 Å². The molecule has 2 aromatic rings. The van der Waals surface area contributed by atoms with Crippen molar-refractivity contribution in [1.29, 1.82) is 0 Å². The minimum atomic E-state index is -0.859. The summed E-state index contributed by atoms with van der Waals surface area (Å²) >= 11 is 0. The van der Waals surface area contributed by atoms with Crippen LogP contribution in [-0.2, 0) is 4.79 Å². The van der Waals surface area contributed by atoms with E-state index < -0.39 is 12.0 Å². The second-order valence-electron chi connectivity index (χ2n) is 6.01. The van der Waals surface area contributed by atoms with Crippen LogP contribution in [0.4, 0.5) is 0 Å². The van der Waals surface area contributed by atoms with Crippen LogP contribution < -0.4 is 5.32 Å². The first kappa shape index (κ1) is 15.0. The Labute approximate surface area is 129 Å². The largest absolute Gasteiger partial charge is 0.480 e. The van der Waals surface area contributed by atoms with Gasteiger partial charge in [-0.3, -0.25) is 10.1 Å². The second-order valence-corrected chi connectivity index (χ2v) is 6.01. The van der Waals surface area contributed by atoms with Crippen LogP contribution in [0.5, 0.6) is 0 Å². The van der Waals surface area contributed by atoms with Crippen LogP contribution in [0.3, 0.4) is 0 Å². The van der Waals surface area contributed by atoms with E-state index in [0.717, 1.165) is 42.0 Å². The van der Waals surface area contributed by atoms with E-state index in [9.17, 15) is 15.0 Å². The third-order valence-electron chi connectivity index (χ3n) is 4.48. The number of benzene rings is 2. The summed E-state index contributed by atoms with van der Waals surface area (Å²) in [7, 11) is 0. The van der Waals surface area contributed by atoms with Gasteiger partial charge >= 0.3 is 5.97 Å². The number of rotatable bonds is 4. The predicted octanol–water partition coefficient (Wildman–Crippen LogP) is 2.86. The van der Waals surface area contributed by atoms with Crippen LogP contribution >= 0.6 is 0 Å². The van der Waals surface area contributed by atoms with E-state index in [-0.39, 0.29) is 12.1 Å². The van der Waals surface area contributed by atoms with Crippen molar-refractivity contribution in [3.63, 3.8) is 0 Å². The van der Waals surface area contributed by atoms with Crippen LogP contribution in [0.1, 0.15) is 37.3 Å². The van der Waals surface area contributed by atoms with Gasteiger partial charge in [-0.25, -0.2) is 0 Å². The Morgan fingerprint density at radius 1 is 1.05 bits per heavy atom. The summed E-state index contributed by atoms with van der Waals surface area (Å²) in [5.41, 5.74) is 0.803. The standard InChI is InChI=1S/C18H21NO3/c20-14-10-8-13(9-11-14)19-17(18(21)22)16-7-3-5-12-4-1-2-6-15(12)16/h1-7,13-14,17,19-20H,8-11H2,(H,21,22). The van der Waals surface area contributed by atoms with Crippen molar-refractivity contribution in [3.05, 3.63) is 48.0 Å². The van der Waals surface area contributed by atoms with Gasteiger partial charge in [-0.2, -0.15) is 0 Å². The van der Waals surface area contributed by atoms with Crippen molar-refractivity contribution in [3.8, 4) is 0 Å². The zero-order valence-electron chi connectivity index (χ0n) is 12.4. The molecule has 1 unspecified atom stereocenters. The highest BCUT2D eigenvalue weighted by atomic mass is 16.4. The van der Waals surface area contributed by atoms with E-state index in [1.165, 1.54) is 0 Å². The van der Waals surface area contributed by atoms with Gasteiger partial charge in [-0.1, -0.05) is 42.5 Å². The van der Waals surface area contributed by atoms with Crippen molar-refractivity contribution in [2.75, 3.05) is 0 Å². The number of carboxylic acid groups (broad SMARTS) is 1. The van der Waals surface area contributed by atoms with Gasteiger partial charge in [0, 0.05) is 6.04 Å². The molecular weight excluding hydrogens is 278 g/mol. The molecule has 1 atom stereocenters. The molecule has 1 fully saturated rings. The number of fused-ring (bicyclic) bond motifs is 1. The summed E-state index contributed by atoms with van der Waals surface area (Å²) in [6.07, 6.45) is 2.86. The molecule has 2 aromatic carbocycles. The highest BCUT2D eigenvalue weighted by Gasteiger charge is 2.27. The summed E-state index contributed by atoms with van der Waals surface area (Å²) in [5, 5.41) is 24.5. The molecule has 1 aliphatic rings. The number of hydrogen-bond acceptors (Lipinski definition) is 3. The lowest BCUT2D eigenvalue weighted by Gasteiger charge is -2.29. The van der Waals surface area contributed by atoms with E-state index >= 15 is 0 Å². The Hall–Kier alpha value is -1.91. The molecule has 0 amide bonds. The fourth-order valence-electron chi connectivity index (χ4n) is 3.27. The monoisotopic (exact) mass is 299 g/mol. The number of nitrogens with one attached hydrogen (secondary N) is 1. The van der Waals surface area contributed by atoms with Crippen molar-refractivity contribution in [1.82, 2.24) is 5.32 Å². The molecule has 0 spiro atoms. The molecule has 0 aliphatic heterocycles. The van der Waals surface area contributed by atoms with Crippen LogP contribution in [0, 0.1) is 0 Å². The molecule has 1 saturated carbocycles. The van der Waals surface area contributed by atoms with Crippen molar-refractivity contribution in [2.45, 2.75) is 43.9 Å². The third-order valence-corrected chi connectivity index (χ3v) is 4.48. The number of aliphatic carboxylic acids is 1. The lowest BCUT2D eigenvalue weighted by molar-refractivity contribution is -0.140. The van der Waals surface area contributed by atoms with Crippen molar-refractivity contribution in [2.24, 2.45) is 0 Å². The number of carboxylic acids is 1. The molecule has 116 valence electrons. The zero-order valence-corrected chi connectivity index (χ0v) is 12.4. The zero-order chi connectivity index (χ0) is 15.5. The average Bonchev–Trinajstić information content (AvgIpc) is 2.54. The molecule has 0 heterocycles. The average molecular weight is 299 g/mol. The van der Waals surface area contributed by atoms with Crippen LogP contribution in [0.2, 0.25) is 0 Å². The molecule has 3 rings (SSSR count). The Balaban J connectivity index is 1.88. The quantitative estimate of drug-likeness (QED) is 0.812. The van der Waals surface area contributed by atoms with Gasteiger partial charge in [0.1, 0.15) is 6.04 Å². The molecule has 0 bridgehead atoms. The Kier molecular flexibility index (Phi) is 4.41. The molecule has 4 heteroatoms. The Morgan fingerprint density at radius 3 is 2.45 bits per heavy atom. The minimum Gasteiger partial charge on any atom is -0.480 e. The summed E-state index contributed by atoms with van der Waals surface area (Å²) < 4.78 is 0. The van der Waals surface area contributed by atoms with E-state index in [2.05, 4.69) is 5.32 Å². The Bertz CT molecular complexity index is 657. The predicted molar refractivity (Wildman–Crippen MR) is 85.7 cm³/mol. The van der Waals surface area contributed by atoms with Crippen LogP contribution in [0.15, 0.2) is 42.5 Å². The maximum atomic E-state index is 11.8. The highest BCUT2D eigenvalue weighted by Crippen LogP contribution is 2.27. The number of aliphatic hydroxyl groups is 1. The highest BCUT2D eigenvalue weighted by molar-refractivity contribution is 5.90. The summed E-state index contributed by atoms with van der Waals surface area (Å²) in [4.78, 5) is 11.8. The van der Waals surface area contributed by atoms with Crippen molar-refractivity contribution < 1.29 is 15.0 Å². The molecule has 0 aromatic heterocycles. The van der Waals surface area contributed by atoms with E-state index in [4.69, 9.17) is 0 Å². The lowest BCUT2D eigenvalue weighted by Crippen LogP contribution is -2.40. The topological polar surface area (TPSA) is 69.6 Å².